The van der Waals surface area contributed by atoms with Crippen LogP contribution >= 0.6 is 6.19 Å². The van der Waals surface area contributed by atoms with Gasteiger partial charge in [-0.05, 0) is 37.6 Å². The molecule has 2 aliphatic rings. The first-order valence-corrected chi connectivity index (χ1v) is 16.0. The second kappa shape index (κ2) is 9.58. The van der Waals surface area contributed by atoms with Crippen LogP contribution in [0.3, 0.4) is 0 Å². The Kier molecular flexibility index (Phi) is 6.29. The topological polar surface area (TPSA) is 87.1 Å². The fraction of sp³-hybridized carbons (Fsp3) is 0.267. The Morgan fingerprint density at radius 1 is 1.05 bits per heavy atom. The molecule has 0 fully saturated rings. The molecule has 2 aromatic heterocycles. The third kappa shape index (κ3) is 3.94. The number of likely N-dealkylation sites (N-methyl/N-ethyl adjacent to an activating group) is 1. The van der Waals surface area contributed by atoms with E-state index in [-0.39, 0.29) is 5.41 Å². The van der Waals surface area contributed by atoms with E-state index in [9.17, 15) is 5.26 Å². The number of para-hydroxylation sites is 2. The van der Waals surface area contributed by atoms with Crippen molar-refractivity contribution in [3.63, 3.8) is 0 Å². The third-order valence-corrected chi connectivity index (χ3v) is 11.8. The van der Waals surface area contributed by atoms with E-state index < -0.39 is 6.19 Å². The SMILES string of the molecule is Cc1cc(NP2(=S)C(=C3N(C)c4ccccc4C3(C)C)C=Nc3c2c(C)nn3CCC#N)n(-c2ccccc2)n1. The minimum absolute atomic E-state index is 0.295. The molecule has 4 heterocycles. The van der Waals surface area contributed by atoms with Gasteiger partial charge in [0.05, 0.1) is 41.4 Å². The van der Waals surface area contributed by atoms with Crippen molar-refractivity contribution in [2.45, 2.75) is 46.1 Å². The Bertz CT molecular complexity index is 1790. The highest BCUT2D eigenvalue weighted by atomic mass is 32.4. The van der Waals surface area contributed by atoms with Crippen LogP contribution in [0, 0.1) is 25.2 Å². The molecule has 10 heteroatoms. The second-order valence-electron chi connectivity index (χ2n) is 10.7. The van der Waals surface area contributed by atoms with E-state index in [1.54, 1.807) is 0 Å². The maximum Gasteiger partial charge on any atom is 0.161 e. The normalized spacial score (nSPS) is 20.8. The monoisotopic (exact) mass is 566 g/mol. The smallest absolute Gasteiger partial charge is 0.161 e. The summed E-state index contributed by atoms with van der Waals surface area (Å²) in [5, 5.41) is 24.7. The van der Waals surface area contributed by atoms with Gasteiger partial charge in [0, 0.05) is 41.4 Å². The van der Waals surface area contributed by atoms with Gasteiger partial charge in [-0.2, -0.15) is 15.5 Å². The van der Waals surface area contributed by atoms with Gasteiger partial charge in [-0.15, -0.1) is 0 Å². The van der Waals surface area contributed by atoms with Crippen LogP contribution in [-0.4, -0.2) is 32.8 Å². The summed E-state index contributed by atoms with van der Waals surface area (Å²) in [6, 6.07) is 22.9. The van der Waals surface area contributed by atoms with E-state index in [4.69, 9.17) is 27.0 Å². The number of fused-ring (bicyclic) bond motifs is 2. The molecule has 40 heavy (non-hydrogen) atoms. The molecule has 0 saturated heterocycles. The van der Waals surface area contributed by atoms with Crippen LogP contribution in [0.15, 0.2) is 76.7 Å². The predicted molar refractivity (Wildman–Crippen MR) is 166 cm³/mol. The Labute approximate surface area is 239 Å². The van der Waals surface area contributed by atoms with Crippen molar-refractivity contribution >= 4 is 46.8 Å². The number of aliphatic imine (C=N–C) groups is 1. The van der Waals surface area contributed by atoms with Crippen LogP contribution in [0.25, 0.3) is 5.69 Å². The highest BCUT2D eigenvalue weighted by Crippen LogP contribution is 2.62. The summed E-state index contributed by atoms with van der Waals surface area (Å²) in [4.78, 5) is 7.22. The molecule has 0 aliphatic carbocycles. The zero-order valence-corrected chi connectivity index (χ0v) is 25.0. The molecule has 0 spiro atoms. The van der Waals surface area contributed by atoms with E-state index in [0.29, 0.717) is 13.0 Å². The molecule has 0 radical (unpaired) electrons. The molecular weight excluding hydrogens is 535 g/mol. The van der Waals surface area contributed by atoms with Gasteiger partial charge in [0.1, 0.15) is 12.0 Å². The van der Waals surface area contributed by atoms with E-state index in [0.717, 1.165) is 45.0 Å². The zero-order chi connectivity index (χ0) is 28.2. The molecule has 2 aromatic carbocycles. The Balaban J connectivity index is 1.61. The molecule has 202 valence electrons. The molecule has 0 saturated carbocycles. The highest BCUT2D eigenvalue weighted by molar-refractivity contribution is 8.21. The van der Waals surface area contributed by atoms with Crippen molar-refractivity contribution in [3.8, 4) is 11.8 Å². The molecule has 0 bridgehead atoms. The molecule has 4 aromatic rings. The summed E-state index contributed by atoms with van der Waals surface area (Å²) < 4.78 is 3.75. The maximum absolute atomic E-state index is 9.26. The Morgan fingerprint density at radius 2 is 1.77 bits per heavy atom. The van der Waals surface area contributed by atoms with Gasteiger partial charge in [-0.25, -0.2) is 14.4 Å². The summed E-state index contributed by atoms with van der Waals surface area (Å²) in [6.07, 6.45) is -0.483. The first-order chi connectivity index (χ1) is 19.2. The number of nitriles is 1. The lowest BCUT2D eigenvalue weighted by atomic mass is 9.84. The number of benzene rings is 2. The van der Waals surface area contributed by atoms with E-state index >= 15 is 0 Å². The fourth-order valence-corrected chi connectivity index (χ4v) is 10.2. The molecule has 1 unspecified atom stereocenters. The molecule has 0 amide bonds. The van der Waals surface area contributed by atoms with Gasteiger partial charge < -0.3 is 9.99 Å². The number of hydrogen-bond acceptors (Lipinski definition) is 6. The van der Waals surface area contributed by atoms with Crippen LogP contribution < -0.4 is 15.3 Å². The number of anilines is 2. The van der Waals surface area contributed by atoms with Gasteiger partial charge in [0.25, 0.3) is 0 Å². The Hall–Kier alpha value is -3.99. The van der Waals surface area contributed by atoms with Crippen molar-refractivity contribution in [2.24, 2.45) is 4.99 Å². The predicted octanol–water partition coefficient (Wildman–Crippen LogP) is 6.09. The number of rotatable bonds is 5. The lowest BCUT2D eigenvalue weighted by molar-refractivity contribution is 0.626. The molecule has 8 nitrogen and oxygen atoms in total. The summed E-state index contributed by atoms with van der Waals surface area (Å²) in [7, 11) is 2.11. The van der Waals surface area contributed by atoms with Crippen LogP contribution in [-0.2, 0) is 23.8 Å². The van der Waals surface area contributed by atoms with Gasteiger partial charge in [-0.1, -0.05) is 62.1 Å². The van der Waals surface area contributed by atoms with E-state index in [1.165, 1.54) is 11.3 Å². The number of aromatic nitrogens is 4. The maximum atomic E-state index is 9.26. The van der Waals surface area contributed by atoms with Crippen molar-refractivity contribution in [3.05, 3.63) is 88.6 Å². The average Bonchev–Trinajstić information content (AvgIpc) is 3.53. The quantitative estimate of drug-likeness (QED) is 0.295. The number of nitrogens with one attached hydrogen (secondary N) is 1. The molecule has 1 atom stereocenters. The molecular formula is C30H31N8PS. The summed E-state index contributed by atoms with van der Waals surface area (Å²) in [5.41, 5.74) is 5.93. The second-order valence-corrected chi connectivity index (χ2v) is 14.7. The van der Waals surface area contributed by atoms with E-state index in [1.807, 2.05) is 65.8 Å². The summed E-state index contributed by atoms with van der Waals surface area (Å²) in [5.74, 6) is 1.55. The van der Waals surface area contributed by atoms with Crippen LogP contribution in [0.5, 0.6) is 0 Å². The van der Waals surface area contributed by atoms with Crippen molar-refractivity contribution < 1.29 is 0 Å². The van der Waals surface area contributed by atoms with Crippen molar-refractivity contribution in [2.75, 3.05) is 17.0 Å². The zero-order valence-electron chi connectivity index (χ0n) is 23.3. The third-order valence-electron chi connectivity index (χ3n) is 7.68. The number of hydrogen-bond donors (Lipinski definition) is 1. The van der Waals surface area contributed by atoms with Gasteiger partial charge in [-0.3, -0.25) is 0 Å². The standard InChI is InChI=1S/C30H31N8PS/c1-20-18-26(38(33-20)22-12-7-6-8-13-22)35-39(40)25(19-32-29-27(39)21(2)34-37(29)17-11-16-31)28-30(3,4)23-14-9-10-15-24(23)36(28)5/h6-10,12-15,18-19H,11,17H2,1-5H3,(H,35,40). The van der Waals surface area contributed by atoms with Gasteiger partial charge in [0.2, 0.25) is 0 Å². The van der Waals surface area contributed by atoms with Crippen molar-refractivity contribution in [1.82, 2.24) is 19.6 Å². The van der Waals surface area contributed by atoms with E-state index in [2.05, 4.69) is 61.2 Å². The van der Waals surface area contributed by atoms with Crippen LogP contribution in [0.2, 0.25) is 0 Å². The highest BCUT2D eigenvalue weighted by Gasteiger charge is 2.46. The minimum atomic E-state index is -2.77. The molecule has 1 N–H and O–H groups in total. The number of nitrogens with zero attached hydrogens (tertiary/aromatic N) is 7. The summed E-state index contributed by atoms with van der Waals surface area (Å²) >= 11 is 6.81. The number of allylic oxidation sites excluding steroid dienone is 2. The first kappa shape index (κ1) is 26.2. The first-order valence-electron chi connectivity index (χ1n) is 13.2. The van der Waals surface area contributed by atoms with Crippen LogP contribution in [0.4, 0.5) is 17.3 Å². The lowest BCUT2D eigenvalue weighted by Crippen LogP contribution is -2.29. The van der Waals surface area contributed by atoms with Gasteiger partial charge >= 0.3 is 0 Å². The Morgan fingerprint density at radius 3 is 2.50 bits per heavy atom. The largest absolute Gasteiger partial charge is 0.346 e. The van der Waals surface area contributed by atoms with Crippen molar-refractivity contribution in [1.29, 1.82) is 5.26 Å². The summed E-state index contributed by atoms with van der Waals surface area (Å²) in [6.45, 7) is 8.95. The van der Waals surface area contributed by atoms with Crippen LogP contribution in [0.1, 0.15) is 37.2 Å². The fourth-order valence-electron chi connectivity index (χ4n) is 5.98. The minimum Gasteiger partial charge on any atom is -0.346 e. The number of aryl methyl sites for hydroxylation is 3. The average molecular weight is 567 g/mol. The molecule has 2 aliphatic heterocycles. The molecule has 6 rings (SSSR count). The van der Waals surface area contributed by atoms with Gasteiger partial charge in [0.15, 0.2) is 5.82 Å². The lowest BCUT2D eigenvalue weighted by Gasteiger charge is -2.35.